The molecule has 1 atom stereocenters. The van der Waals surface area contributed by atoms with Crippen molar-refractivity contribution in [2.24, 2.45) is 17.8 Å². The van der Waals surface area contributed by atoms with Crippen LogP contribution in [0.25, 0.3) is 0 Å². The summed E-state index contributed by atoms with van der Waals surface area (Å²) in [5.41, 5.74) is 0. The first-order chi connectivity index (χ1) is 5.92. The lowest BCUT2D eigenvalue weighted by Gasteiger charge is -2.37. The molecule has 1 saturated carbocycles. The molecule has 1 saturated heterocycles. The van der Waals surface area contributed by atoms with Crippen LogP contribution in [0.15, 0.2) is 0 Å². The van der Waals surface area contributed by atoms with Gasteiger partial charge in [-0.3, -0.25) is 0 Å². The average molecular weight is 167 g/mol. The van der Waals surface area contributed by atoms with Gasteiger partial charge in [-0.2, -0.15) is 0 Å². The van der Waals surface area contributed by atoms with Gasteiger partial charge in [-0.25, -0.2) is 0 Å². The number of rotatable bonds is 3. The Hall–Kier alpha value is -0.0400. The standard InChI is InChI=1S/C11H21N/c1-2-11(10-7-12-8-10)9-5-3-4-6-9/h9-12H,2-8H2,1H3. The van der Waals surface area contributed by atoms with Crippen LogP contribution in [0.3, 0.4) is 0 Å². The fourth-order valence-corrected chi connectivity index (χ4v) is 3.05. The Labute approximate surface area is 75.9 Å². The number of hydrogen-bond acceptors (Lipinski definition) is 1. The molecule has 0 amide bonds. The molecule has 1 heteroatoms. The van der Waals surface area contributed by atoms with E-state index in [0.29, 0.717) is 0 Å². The van der Waals surface area contributed by atoms with Gasteiger partial charge in [0.15, 0.2) is 0 Å². The van der Waals surface area contributed by atoms with Gasteiger partial charge >= 0.3 is 0 Å². The summed E-state index contributed by atoms with van der Waals surface area (Å²) in [7, 11) is 0. The lowest BCUT2D eigenvalue weighted by Crippen LogP contribution is -2.47. The molecule has 70 valence electrons. The van der Waals surface area contributed by atoms with Crippen molar-refractivity contribution in [1.82, 2.24) is 5.32 Å². The molecule has 0 aromatic rings. The predicted octanol–water partition coefficient (Wildman–Crippen LogP) is 2.42. The third-order valence-electron chi connectivity index (χ3n) is 3.90. The quantitative estimate of drug-likeness (QED) is 0.680. The average Bonchev–Trinajstić information content (AvgIpc) is 2.47. The van der Waals surface area contributed by atoms with Crippen molar-refractivity contribution in [1.29, 1.82) is 0 Å². The van der Waals surface area contributed by atoms with Gasteiger partial charge in [-0.15, -0.1) is 0 Å². The summed E-state index contributed by atoms with van der Waals surface area (Å²) in [6.45, 7) is 4.98. The van der Waals surface area contributed by atoms with Gasteiger partial charge in [0.25, 0.3) is 0 Å². The molecule has 0 spiro atoms. The summed E-state index contributed by atoms with van der Waals surface area (Å²) >= 11 is 0. The van der Waals surface area contributed by atoms with Crippen molar-refractivity contribution >= 4 is 0 Å². The molecule has 0 radical (unpaired) electrons. The Morgan fingerprint density at radius 1 is 1.17 bits per heavy atom. The summed E-state index contributed by atoms with van der Waals surface area (Å²) in [5, 5.41) is 3.40. The minimum atomic E-state index is 1.03. The second-order valence-corrected chi connectivity index (χ2v) is 4.53. The fourth-order valence-electron chi connectivity index (χ4n) is 3.05. The summed E-state index contributed by atoms with van der Waals surface area (Å²) < 4.78 is 0. The highest BCUT2D eigenvalue weighted by atomic mass is 15.0. The lowest BCUT2D eigenvalue weighted by molar-refractivity contribution is 0.161. The van der Waals surface area contributed by atoms with E-state index in [2.05, 4.69) is 12.2 Å². The molecule has 1 aliphatic carbocycles. The summed E-state index contributed by atoms with van der Waals surface area (Å²) in [6.07, 6.45) is 7.46. The van der Waals surface area contributed by atoms with E-state index in [0.717, 1.165) is 17.8 Å². The van der Waals surface area contributed by atoms with E-state index in [9.17, 15) is 0 Å². The van der Waals surface area contributed by atoms with Crippen molar-refractivity contribution in [3.05, 3.63) is 0 Å². The molecule has 1 aliphatic heterocycles. The van der Waals surface area contributed by atoms with Gasteiger partial charge in [0.1, 0.15) is 0 Å². The van der Waals surface area contributed by atoms with Gasteiger partial charge in [-0.1, -0.05) is 39.0 Å². The normalized spacial score (nSPS) is 28.8. The first-order valence-corrected chi connectivity index (χ1v) is 5.62. The van der Waals surface area contributed by atoms with Crippen LogP contribution in [-0.2, 0) is 0 Å². The molecule has 2 rings (SSSR count). The minimum absolute atomic E-state index is 1.03. The van der Waals surface area contributed by atoms with Crippen LogP contribution in [0, 0.1) is 17.8 Å². The first kappa shape index (κ1) is 8.55. The molecule has 1 unspecified atom stereocenters. The van der Waals surface area contributed by atoms with Crippen molar-refractivity contribution in [2.75, 3.05) is 13.1 Å². The molecule has 0 aromatic heterocycles. The maximum Gasteiger partial charge on any atom is -0.000549 e. The molecule has 12 heavy (non-hydrogen) atoms. The van der Waals surface area contributed by atoms with Crippen LogP contribution in [-0.4, -0.2) is 13.1 Å². The topological polar surface area (TPSA) is 12.0 Å². The Kier molecular flexibility index (Phi) is 2.69. The Bertz CT molecular complexity index is 134. The van der Waals surface area contributed by atoms with Gasteiger partial charge in [-0.05, 0) is 30.8 Å². The monoisotopic (exact) mass is 167 g/mol. The van der Waals surface area contributed by atoms with E-state index in [1.54, 1.807) is 0 Å². The molecule has 0 aromatic carbocycles. The van der Waals surface area contributed by atoms with Gasteiger partial charge < -0.3 is 5.32 Å². The maximum atomic E-state index is 3.40. The number of hydrogen-bond donors (Lipinski definition) is 1. The van der Waals surface area contributed by atoms with Crippen LogP contribution in [0.2, 0.25) is 0 Å². The zero-order chi connectivity index (χ0) is 8.39. The fraction of sp³-hybridized carbons (Fsp3) is 1.00. The zero-order valence-electron chi connectivity index (χ0n) is 8.18. The third-order valence-corrected chi connectivity index (χ3v) is 3.90. The van der Waals surface area contributed by atoms with Crippen LogP contribution in [0.1, 0.15) is 39.0 Å². The van der Waals surface area contributed by atoms with Crippen molar-refractivity contribution in [3.8, 4) is 0 Å². The highest BCUT2D eigenvalue weighted by Crippen LogP contribution is 2.38. The van der Waals surface area contributed by atoms with E-state index in [1.807, 2.05) is 0 Å². The highest BCUT2D eigenvalue weighted by Gasteiger charge is 2.32. The van der Waals surface area contributed by atoms with Gasteiger partial charge in [0, 0.05) is 0 Å². The Balaban J connectivity index is 1.87. The summed E-state index contributed by atoms with van der Waals surface area (Å²) in [6, 6.07) is 0. The molecular weight excluding hydrogens is 146 g/mol. The van der Waals surface area contributed by atoms with Crippen molar-refractivity contribution < 1.29 is 0 Å². The number of nitrogens with one attached hydrogen (secondary N) is 1. The molecule has 2 aliphatic rings. The van der Waals surface area contributed by atoms with E-state index >= 15 is 0 Å². The van der Waals surface area contributed by atoms with Crippen LogP contribution in [0.5, 0.6) is 0 Å². The Morgan fingerprint density at radius 2 is 1.83 bits per heavy atom. The molecule has 1 heterocycles. The second kappa shape index (κ2) is 3.78. The van der Waals surface area contributed by atoms with E-state index in [4.69, 9.17) is 0 Å². The SMILES string of the molecule is CCC(C1CCCC1)C1CNC1. The molecule has 2 fully saturated rings. The smallest absolute Gasteiger partial charge is 0.000549 e. The second-order valence-electron chi connectivity index (χ2n) is 4.53. The third kappa shape index (κ3) is 1.52. The first-order valence-electron chi connectivity index (χ1n) is 5.62. The zero-order valence-corrected chi connectivity index (χ0v) is 8.18. The van der Waals surface area contributed by atoms with Gasteiger partial charge in [0.05, 0.1) is 0 Å². The highest BCUT2D eigenvalue weighted by molar-refractivity contribution is 4.86. The van der Waals surface area contributed by atoms with Crippen LogP contribution in [0.4, 0.5) is 0 Å². The largest absolute Gasteiger partial charge is 0.316 e. The molecule has 1 N–H and O–H groups in total. The van der Waals surface area contributed by atoms with Crippen LogP contribution < -0.4 is 5.32 Å². The van der Waals surface area contributed by atoms with Crippen molar-refractivity contribution in [3.63, 3.8) is 0 Å². The molecule has 1 nitrogen and oxygen atoms in total. The summed E-state index contributed by atoms with van der Waals surface area (Å²) in [5.74, 6) is 3.16. The predicted molar refractivity (Wildman–Crippen MR) is 52.1 cm³/mol. The van der Waals surface area contributed by atoms with Gasteiger partial charge in [0.2, 0.25) is 0 Å². The lowest BCUT2D eigenvalue weighted by atomic mass is 9.76. The van der Waals surface area contributed by atoms with E-state index in [-0.39, 0.29) is 0 Å². The molecule has 0 bridgehead atoms. The Morgan fingerprint density at radius 3 is 2.25 bits per heavy atom. The van der Waals surface area contributed by atoms with Crippen LogP contribution >= 0.6 is 0 Å². The maximum absolute atomic E-state index is 3.40. The van der Waals surface area contributed by atoms with E-state index < -0.39 is 0 Å². The molecular formula is C11H21N. The van der Waals surface area contributed by atoms with E-state index in [1.165, 1.54) is 45.2 Å². The minimum Gasteiger partial charge on any atom is -0.316 e. The summed E-state index contributed by atoms with van der Waals surface area (Å²) in [4.78, 5) is 0. The van der Waals surface area contributed by atoms with Crippen molar-refractivity contribution in [2.45, 2.75) is 39.0 Å².